The molecule has 0 spiro atoms. The van der Waals surface area contributed by atoms with Crippen molar-refractivity contribution in [3.05, 3.63) is 0 Å². The summed E-state index contributed by atoms with van der Waals surface area (Å²) in [6.45, 7) is 10.3. The van der Waals surface area contributed by atoms with Gasteiger partial charge in [-0.2, -0.15) is 0 Å². The van der Waals surface area contributed by atoms with E-state index in [4.69, 9.17) is 41.3 Å². The topological polar surface area (TPSA) is 91.3 Å². The van der Waals surface area contributed by atoms with Crippen molar-refractivity contribution in [3.8, 4) is 0 Å². The Morgan fingerprint density at radius 3 is 1.34 bits per heavy atom. The summed E-state index contributed by atoms with van der Waals surface area (Å²) in [5.74, 6) is 5.72. The van der Waals surface area contributed by atoms with Gasteiger partial charge in [0.25, 0.3) is 0 Å². The van der Waals surface area contributed by atoms with Crippen LogP contribution in [-0.2, 0) is 27.2 Å². The van der Waals surface area contributed by atoms with E-state index in [1.54, 1.807) is 0 Å². The van der Waals surface area contributed by atoms with Crippen LogP contribution in [0.5, 0.6) is 0 Å². The van der Waals surface area contributed by atoms with E-state index in [2.05, 4.69) is 0 Å². The van der Waals surface area contributed by atoms with Crippen LogP contribution in [-0.4, -0.2) is 67.7 Å². The van der Waals surface area contributed by atoms with Crippen molar-refractivity contribution >= 4 is 46.5 Å². The van der Waals surface area contributed by atoms with Crippen LogP contribution in [0.1, 0.15) is 85.5 Å². The van der Waals surface area contributed by atoms with Gasteiger partial charge in [0.1, 0.15) is 0 Å². The second-order valence-corrected chi connectivity index (χ2v) is 18.8. The SMILES string of the molecule is CCOP(OCC)OCC.CCOP1(=O)CC2CCCC2C1.ClCC1CCCC1CCl.O=P1(O)CC2CCCC2C1. The molecule has 0 aromatic rings. The van der Waals surface area contributed by atoms with Gasteiger partial charge in [-0.15, -0.1) is 23.2 Å². The van der Waals surface area contributed by atoms with Gasteiger partial charge in [-0.05, 0) is 102 Å². The highest BCUT2D eigenvalue weighted by atomic mass is 35.5. The Hall–Kier alpha value is 1.27. The molecule has 3 saturated carbocycles. The zero-order chi connectivity index (χ0) is 30.3. The Kier molecular flexibility index (Phi) is 19.1. The van der Waals surface area contributed by atoms with Crippen molar-refractivity contribution in [1.82, 2.24) is 0 Å². The van der Waals surface area contributed by atoms with E-state index in [0.29, 0.717) is 62.4 Å². The van der Waals surface area contributed by atoms with E-state index >= 15 is 0 Å². The summed E-state index contributed by atoms with van der Waals surface area (Å²) in [5.41, 5.74) is 0. The maximum atomic E-state index is 12.0. The summed E-state index contributed by atoms with van der Waals surface area (Å²) >= 11 is 11.4. The van der Waals surface area contributed by atoms with Gasteiger partial charge in [-0.1, -0.05) is 19.3 Å². The predicted molar refractivity (Wildman–Crippen MR) is 174 cm³/mol. The Labute approximate surface area is 261 Å². The normalized spacial score (nSPS) is 37.0. The molecular formula is C29H57Cl2O7P3. The molecule has 12 heteroatoms. The Balaban J connectivity index is 0.000000192. The van der Waals surface area contributed by atoms with Crippen molar-refractivity contribution in [2.24, 2.45) is 35.5 Å². The van der Waals surface area contributed by atoms with Crippen LogP contribution in [0.4, 0.5) is 0 Å². The van der Waals surface area contributed by atoms with Crippen molar-refractivity contribution < 1.29 is 32.1 Å². The molecule has 41 heavy (non-hydrogen) atoms. The minimum absolute atomic E-state index is 0.607. The molecule has 5 fully saturated rings. The molecule has 2 aliphatic heterocycles. The number of fused-ring (bicyclic) bond motifs is 2. The van der Waals surface area contributed by atoms with Crippen molar-refractivity contribution in [3.63, 3.8) is 0 Å². The molecule has 0 amide bonds. The summed E-state index contributed by atoms with van der Waals surface area (Å²) in [7, 11) is -5.83. The third kappa shape index (κ3) is 13.7. The zero-order valence-electron chi connectivity index (χ0n) is 25.9. The van der Waals surface area contributed by atoms with Gasteiger partial charge in [-0.25, -0.2) is 0 Å². The van der Waals surface area contributed by atoms with Crippen molar-refractivity contribution in [2.45, 2.75) is 85.5 Å². The fourth-order valence-corrected chi connectivity index (χ4v) is 14.5. The lowest BCUT2D eigenvalue weighted by atomic mass is 10.0. The lowest BCUT2D eigenvalue weighted by Crippen LogP contribution is -2.10. The second-order valence-electron chi connectivity index (χ2n) is 11.9. The van der Waals surface area contributed by atoms with Crippen LogP contribution >= 0.6 is 46.5 Å². The molecule has 7 nitrogen and oxygen atoms in total. The highest BCUT2D eigenvalue weighted by molar-refractivity contribution is 7.59. The van der Waals surface area contributed by atoms with Crippen LogP contribution in [0.15, 0.2) is 0 Å². The zero-order valence-corrected chi connectivity index (χ0v) is 30.1. The van der Waals surface area contributed by atoms with E-state index in [1.807, 2.05) is 27.7 Å². The van der Waals surface area contributed by atoms with Crippen LogP contribution in [0.2, 0.25) is 0 Å². The Morgan fingerprint density at radius 2 is 1.00 bits per heavy atom. The van der Waals surface area contributed by atoms with Crippen LogP contribution < -0.4 is 0 Å². The predicted octanol–water partition coefficient (Wildman–Crippen LogP) is 9.62. The number of hydrogen-bond acceptors (Lipinski definition) is 6. The van der Waals surface area contributed by atoms with Crippen molar-refractivity contribution in [2.75, 3.05) is 62.8 Å². The maximum Gasteiger partial charge on any atom is 0.332 e. The minimum atomic E-state index is -2.62. The summed E-state index contributed by atoms with van der Waals surface area (Å²) in [6, 6.07) is 0. The first kappa shape index (κ1) is 38.5. The minimum Gasteiger partial charge on any atom is -0.344 e. The standard InChI is InChI=1S/C9H17O2P.C7H12Cl2.C7H13O2P.C6H15O3P/c1-2-11-12(10)6-8-4-3-5-9(8)7-12;8-4-6-2-1-3-7(6)5-9;8-10(9)4-6-2-1-3-7(6)5-10;1-4-7-10(8-5-2)9-6-3/h8-9H,2-7H2,1H3;6-7H,1-5H2;6-7H,1-5H2,(H,8,9);4-6H2,1-3H3. The molecule has 3 aliphatic carbocycles. The molecule has 5 rings (SSSR count). The molecule has 6 atom stereocenters. The molecular weight excluding hydrogens is 624 g/mol. The van der Waals surface area contributed by atoms with Gasteiger partial charge < -0.3 is 23.0 Å². The smallest absolute Gasteiger partial charge is 0.332 e. The third-order valence-corrected chi connectivity index (χ3v) is 16.0. The fourth-order valence-electron chi connectivity index (χ4n) is 7.07. The average molecular weight is 682 g/mol. The number of rotatable bonds is 10. The molecule has 244 valence electrons. The summed E-state index contributed by atoms with van der Waals surface area (Å²) in [4.78, 5) is 9.26. The molecule has 2 heterocycles. The maximum absolute atomic E-state index is 12.0. The lowest BCUT2D eigenvalue weighted by molar-refractivity contribution is 0.176. The van der Waals surface area contributed by atoms with Gasteiger partial charge in [0.2, 0.25) is 14.7 Å². The first-order chi connectivity index (χ1) is 19.6. The molecule has 0 radical (unpaired) electrons. The monoisotopic (exact) mass is 680 g/mol. The van der Waals surface area contributed by atoms with E-state index in [1.165, 1.54) is 57.8 Å². The molecule has 6 unspecified atom stereocenters. The quantitative estimate of drug-likeness (QED) is 0.181. The van der Waals surface area contributed by atoms with Gasteiger partial charge in [0, 0.05) is 36.4 Å². The Morgan fingerprint density at radius 1 is 0.634 bits per heavy atom. The second kappa shape index (κ2) is 20.4. The highest BCUT2D eigenvalue weighted by Crippen LogP contribution is 2.61. The van der Waals surface area contributed by atoms with Crippen molar-refractivity contribution in [1.29, 1.82) is 0 Å². The first-order valence-electron chi connectivity index (χ1n) is 16.0. The van der Waals surface area contributed by atoms with E-state index < -0.39 is 23.3 Å². The number of hydrogen-bond donors (Lipinski definition) is 1. The third-order valence-electron chi connectivity index (χ3n) is 8.98. The fraction of sp³-hybridized carbons (Fsp3) is 1.00. The summed E-state index contributed by atoms with van der Waals surface area (Å²) < 4.78 is 44.0. The van der Waals surface area contributed by atoms with E-state index in [-0.39, 0.29) is 0 Å². The van der Waals surface area contributed by atoms with Crippen LogP contribution in [0, 0.1) is 35.5 Å². The van der Waals surface area contributed by atoms with E-state index in [0.717, 1.165) is 35.9 Å². The Bertz CT molecular complexity index is 752. The van der Waals surface area contributed by atoms with Gasteiger partial charge >= 0.3 is 8.60 Å². The largest absolute Gasteiger partial charge is 0.344 e. The number of alkyl halides is 2. The van der Waals surface area contributed by atoms with Gasteiger partial charge in [0.05, 0.1) is 26.4 Å². The summed E-state index contributed by atoms with van der Waals surface area (Å²) in [6.07, 6.45) is 14.5. The average Bonchev–Trinajstić information content (AvgIpc) is 3.73. The highest BCUT2D eigenvalue weighted by Gasteiger charge is 2.44. The molecule has 0 aromatic heterocycles. The van der Waals surface area contributed by atoms with Crippen LogP contribution in [0.25, 0.3) is 0 Å². The molecule has 0 aromatic carbocycles. The molecule has 2 saturated heterocycles. The molecule has 0 bridgehead atoms. The van der Waals surface area contributed by atoms with Gasteiger partial charge in [0.15, 0.2) is 0 Å². The molecule has 1 N–H and O–H groups in total. The lowest BCUT2D eigenvalue weighted by Gasteiger charge is -2.12. The van der Waals surface area contributed by atoms with E-state index in [9.17, 15) is 14.0 Å². The summed E-state index contributed by atoms with van der Waals surface area (Å²) in [5, 5.41) is 0. The van der Waals surface area contributed by atoms with Crippen LogP contribution in [0.3, 0.4) is 0 Å². The number of halogens is 2. The molecule has 5 aliphatic rings. The van der Waals surface area contributed by atoms with Gasteiger partial charge in [-0.3, -0.25) is 9.13 Å². The first-order valence-corrected chi connectivity index (χ1v) is 22.2.